The molecular weight excluding hydrogens is 228 g/mol. The third kappa shape index (κ3) is 3.99. The molecule has 0 radical (unpaired) electrons. The predicted octanol–water partition coefficient (Wildman–Crippen LogP) is 1.31. The van der Waals surface area contributed by atoms with E-state index in [4.69, 9.17) is 18.0 Å². The molecule has 0 aliphatic heterocycles. The Balaban J connectivity index is 2.36. The number of amides is 1. The highest BCUT2D eigenvalue weighted by atomic mass is 32.2. The maximum absolute atomic E-state index is 11.5. The van der Waals surface area contributed by atoms with Crippen LogP contribution in [0.3, 0.4) is 0 Å². The first-order valence-electron chi connectivity index (χ1n) is 5.22. The Kier molecular flexibility index (Phi) is 5.39. The summed E-state index contributed by atoms with van der Waals surface area (Å²) in [5, 5.41) is 3.03. The van der Waals surface area contributed by atoms with Crippen LogP contribution in [0.2, 0.25) is 0 Å². The maximum Gasteiger partial charge on any atom is 0.221 e. The molecule has 1 amide bonds. The molecule has 0 bridgehead atoms. The minimum Gasteiger partial charge on any atom is -0.393 e. The van der Waals surface area contributed by atoms with Crippen LogP contribution < -0.4 is 11.1 Å². The topological polar surface area (TPSA) is 55.1 Å². The number of nitrogens with one attached hydrogen (secondary N) is 1. The minimum absolute atomic E-state index is 0.123. The molecule has 0 heterocycles. The van der Waals surface area contributed by atoms with Crippen LogP contribution in [0.25, 0.3) is 0 Å². The Morgan fingerprint density at radius 1 is 1.60 bits per heavy atom. The summed E-state index contributed by atoms with van der Waals surface area (Å²) in [5.41, 5.74) is 5.64. The second-order valence-corrected chi connectivity index (χ2v) is 5.31. The molecule has 0 saturated heterocycles. The highest BCUT2D eigenvalue weighted by Gasteiger charge is 2.30. The van der Waals surface area contributed by atoms with Crippen LogP contribution in [0.1, 0.15) is 25.7 Å². The number of hydrogen-bond donors (Lipinski definition) is 2. The number of thiocarbonyl (C=S) groups is 1. The van der Waals surface area contributed by atoms with Gasteiger partial charge in [-0.05, 0) is 19.1 Å². The maximum atomic E-state index is 11.5. The average molecular weight is 246 g/mol. The number of thioether (sulfide) groups is 1. The zero-order chi connectivity index (χ0) is 11.3. The van der Waals surface area contributed by atoms with Gasteiger partial charge in [0.15, 0.2) is 0 Å². The van der Waals surface area contributed by atoms with Gasteiger partial charge in [-0.3, -0.25) is 4.79 Å². The van der Waals surface area contributed by atoms with Gasteiger partial charge in [0.25, 0.3) is 0 Å². The number of rotatable bonds is 5. The van der Waals surface area contributed by atoms with Crippen molar-refractivity contribution in [2.75, 3.05) is 12.0 Å². The second-order valence-electron chi connectivity index (χ2n) is 3.86. The van der Waals surface area contributed by atoms with E-state index in [1.165, 1.54) is 0 Å². The van der Waals surface area contributed by atoms with Gasteiger partial charge in [-0.2, -0.15) is 11.8 Å². The van der Waals surface area contributed by atoms with Gasteiger partial charge in [-0.15, -0.1) is 0 Å². The van der Waals surface area contributed by atoms with Crippen molar-refractivity contribution in [3.8, 4) is 0 Å². The van der Waals surface area contributed by atoms with E-state index in [1.807, 2.05) is 6.26 Å². The van der Waals surface area contributed by atoms with E-state index in [2.05, 4.69) is 5.32 Å². The van der Waals surface area contributed by atoms with E-state index in [1.54, 1.807) is 11.8 Å². The molecule has 1 aliphatic carbocycles. The number of carbonyl (C=O) groups excluding carboxylic acids is 1. The van der Waals surface area contributed by atoms with E-state index in [0.717, 1.165) is 25.0 Å². The third-order valence-corrected chi connectivity index (χ3v) is 3.68. The molecule has 0 spiro atoms. The summed E-state index contributed by atoms with van der Waals surface area (Å²) >= 11 is 6.68. The number of carbonyl (C=O) groups is 1. The molecular formula is C10H18N2OS2. The molecule has 0 aromatic heterocycles. The molecule has 1 fully saturated rings. The van der Waals surface area contributed by atoms with Crippen molar-refractivity contribution in [1.29, 1.82) is 0 Å². The lowest BCUT2D eigenvalue weighted by Gasteiger charge is -2.19. The molecule has 2 unspecified atom stereocenters. The lowest BCUT2D eigenvalue weighted by molar-refractivity contribution is -0.121. The lowest BCUT2D eigenvalue weighted by Crippen LogP contribution is -2.41. The van der Waals surface area contributed by atoms with Crippen LogP contribution in [-0.2, 0) is 4.79 Å². The SMILES string of the molecule is CSCCC(=O)NC1CCCC1C(N)=S. The summed E-state index contributed by atoms with van der Waals surface area (Å²) < 4.78 is 0. The molecule has 5 heteroatoms. The van der Waals surface area contributed by atoms with Crippen LogP contribution in [0, 0.1) is 5.92 Å². The zero-order valence-corrected chi connectivity index (χ0v) is 10.6. The van der Waals surface area contributed by atoms with E-state index in [9.17, 15) is 4.79 Å². The van der Waals surface area contributed by atoms with Crippen molar-refractivity contribution in [1.82, 2.24) is 5.32 Å². The molecule has 3 nitrogen and oxygen atoms in total. The minimum atomic E-state index is 0.123. The summed E-state index contributed by atoms with van der Waals surface area (Å²) in [6.07, 6.45) is 5.72. The van der Waals surface area contributed by atoms with Crippen LogP contribution >= 0.6 is 24.0 Å². The van der Waals surface area contributed by atoms with Gasteiger partial charge in [0.05, 0.1) is 4.99 Å². The van der Waals surface area contributed by atoms with Gasteiger partial charge >= 0.3 is 0 Å². The number of nitrogens with two attached hydrogens (primary N) is 1. The summed E-state index contributed by atoms with van der Waals surface area (Å²) in [5.74, 6) is 1.20. The molecule has 15 heavy (non-hydrogen) atoms. The molecule has 1 aliphatic rings. The van der Waals surface area contributed by atoms with Crippen LogP contribution in [-0.4, -0.2) is 28.9 Å². The largest absolute Gasteiger partial charge is 0.393 e. The van der Waals surface area contributed by atoms with E-state index in [-0.39, 0.29) is 17.9 Å². The summed E-state index contributed by atoms with van der Waals surface area (Å²) in [7, 11) is 0. The Morgan fingerprint density at radius 3 is 2.93 bits per heavy atom. The molecule has 3 N–H and O–H groups in total. The van der Waals surface area contributed by atoms with Gasteiger partial charge < -0.3 is 11.1 Å². The van der Waals surface area contributed by atoms with Crippen molar-refractivity contribution >= 4 is 34.9 Å². The fourth-order valence-electron chi connectivity index (χ4n) is 1.95. The predicted molar refractivity (Wildman–Crippen MR) is 69.1 cm³/mol. The first kappa shape index (κ1) is 12.8. The number of hydrogen-bond acceptors (Lipinski definition) is 3. The van der Waals surface area contributed by atoms with Gasteiger partial charge in [-0.1, -0.05) is 18.6 Å². The normalized spacial score (nSPS) is 25.1. The van der Waals surface area contributed by atoms with Crippen molar-refractivity contribution in [2.45, 2.75) is 31.7 Å². The summed E-state index contributed by atoms with van der Waals surface area (Å²) in [4.78, 5) is 12.1. The van der Waals surface area contributed by atoms with E-state index >= 15 is 0 Å². The van der Waals surface area contributed by atoms with Gasteiger partial charge in [0, 0.05) is 24.1 Å². The zero-order valence-electron chi connectivity index (χ0n) is 8.99. The van der Waals surface area contributed by atoms with Crippen molar-refractivity contribution < 1.29 is 4.79 Å². The quantitative estimate of drug-likeness (QED) is 0.718. The Bertz CT molecular complexity index is 246. The van der Waals surface area contributed by atoms with Gasteiger partial charge in [0.2, 0.25) is 5.91 Å². The van der Waals surface area contributed by atoms with Crippen LogP contribution in [0.4, 0.5) is 0 Å². The van der Waals surface area contributed by atoms with Crippen molar-refractivity contribution in [3.05, 3.63) is 0 Å². The third-order valence-electron chi connectivity index (χ3n) is 2.76. The fraction of sp³-hybridized carbons (Fsp3) is 0.800. The van der Waals surface area contributed by atoms with Crippen molar-refractivity contribution in [3.63, 3.8) is 0 Å². The Hall–Kier alpha value is -0.290. The summed E-state index contributed by atoms with van der Waals surface area (Å²) in [6.45, 7) is 0. The van der Waals surface area contributed by atoms with E-state index in [0.29, 0.717) is 11.4 Å². The lowest BCUT2D eigenvalue weighted by atomic mass is 10.0. The Labute approximate surface area is 101 Å². The highest BCUT2D eigenvalue weighted by molar-refractivity contribution is 7.98. The highest BCUT2D eigenvalue weighted by Crippen LogP contribution is 2.25. The standard InChI is InChI=1S/C10H18N2OS2/c1-15-6-5-9(13)12-8-4-2-3-7(8)10(11)14/h7-8H,2-6H2,1H3,(H2,11,14)(H,12,13). The van der Waals surface area contributed by atoms with E-state index < -0.39 is 0 Å². The average Bonchev–Trinajstić information content (AvgIpc) is 2.62. The monoisotopic (exact) mass is 246 g/mol. The van der Waals surface area contributed by atoms with Crippen LogP contribution in [0.5, 0.6) is 0 Å². The molecule has 86 valence electrons. The summed E-state index contributed by atoms with van der Waals surface area (Å²) in [6, 6.07) is 0.178. The second kappa shape index (κ2) is 6.33. The van der Waals surface area contributed by atoms with Gasteiger partial charge in [0.1, 0.15) is 0 Å². The molecule has 0 aromatic rings. The molecule has 1 rings (SSSR count). The first-order valence-corrected chi connectivity index (χ1v) is 7.03. The Morgan fingerprint density at radius 2 is 2.33 bits per heavy atom. The van der Waals surface area contributed by atoms with Crippen LogP contribution in [0.15, 0.2) is 0 Å². The molecule has 2 atom stereocenters. The smallest absolute Gasteiger partial charge is 0.221 e. The first-order chi connectivity index (χ1) is 7.15. The molecule has 1 saturated carbocycles. The van der Waals surface area contributed by atoms with Crippen molar-refractivity contribution in [2.24, 2.45) is 11.7 Å². The van der Waals surface area contributed by atoms with Gasteiger partial charge in [-0.25, -0.2) is 0 Å². The fourth-order valence-corrected chi connectivity index (χ4v) is 2.62. The molecule has 0 aromatic carbocycles.